The second-order valence-corrected chi connectivity index (χ2v) is 5.66. The van der Waals surface area contributed by atoms with Crippen molar-refractivity contribution in [2.24, 2.45) is 0 Å². The van der Waals surface area contributed by atoms with Gasteiger partial charge in [-0.05, 0) is 47.8 Å². The van der Waals surface area contributed by atoms with Crippen LogP contribution in [-0.4, -0.2) is 36.7 Å². The van der Waals surface area contributed by atoms with Gasteiger partial charge in [0.05, 0.1) is 18.2 Å². The Morgan fingerprint density at radius 1 is 1.37 bits per heavy atom. The standard InChI is InChI=1S/C14H18BrNO2S/c1-3-18-13-11(15)8-10(9-12(13)17-2)14(19)16-6-4-5-7-16/h8-9H,3-7H2,1-2H3. The molecule has 0 spiro atoms. The zero-order valence-corrected chi connectivity index (χ0v) is 13.6. The van der Waals surface area contributed by atoms with Crippen LogP contribution in [-0.2, 0) is 0 Å². The minimum absolute atomic E-state index is 0.602. The number of halogens is 1. The summed E-state index contributed by atoms with van der Waals surface area (Å²) in [7, 11) is 1.65. The van der Waals surface area contributed by atoms with Gasteiger partial charge in [0.2, 0.25) is 0 Å². The molecule has 1 aromatic carbocycles. The number of likely N-dealkylation sites (tertiary alicyclic amines) is 1. The van der Waals surface area contributed by atoms with E-state index in [0.29, 0.717) is 12.4 Å². The Bertz CT molecular complexity index is 473. The van der Waals surface area contributed by atoms with Crippen molar-refractivity contribution in [2.75, 3.05) is 26.8 Å². The van der Waals surface area contributed by atoms with Crippen LogP contribution >= 0.6 is 28.1 Å². The molecule has 3 nitrogen and oxygen atoms in total. The van der Waals surface area contributed by atoms with E-state index in [9.17, 15) is 0 Å². The first-order valence-electron chi connectivity index (χ1n) is 6.47. The maximum atomic E-state index is 5.59. The van der Waals surface area contributed by atoms with Gasteiger partial charge in [0.1, 0.15) is 4.99 Å². The lowest BCUT2D eigenvalue weighted by atomic mass is 10.2. The van der Waals surface area contributed by atoms with Crippen LogP contribution in [0.3, 0.4) is 0 Å². The van der Waals surface area contributed by atoms with Gasteiger partial charge >= 0.3 is 0 Å². The monoisotopic (exact) mass is 343 g/mol. The van der Waals surface area contributed by atoms with Gasteiger partial charge in [0, 0.05) is 18.7 Å². The Labute approximate surface area is 128 Å². The summed E-state index contributed by atoms with van der Waals surface area (Å²) in [6.07, 6.45) is 2.44. The molecule has 2 rings (SSSR count). The molecule has 0 bridgehead atoms. The highest BCUT2D eigenvalue weighted by molar-refractivity contribution is 9.10. The van der Waals surface area contributed by atoms with Gasteiger partial charge in [-0.2, -0.15) is 0 Å². The van der Waals surface area contributed by atoms with Crippen molar-refractivity contribution < 1.29 is 9.47 Å². The highest BCUT2D eigenvalue weighted by Crippen LogP contribution is 2.37. The number of benzene rings is 1. The third-order valence-corrected chi connectivity index (χ3v) is 4.24. The molecule has 1 fully saturated rings. The predicted octanol–water partition coefficient (Wildman–Crippen LogP) is 3.63. The van der Waals surface area contributed by atoms with E-state index in [1.54, 1.807) is 7.11 Å². The number of rotatable bonds is 4. The fourth-order valence-electron chi connectivity index (χ4n) is 2.23. The molecule has 0 radical (unpaired) electrons. The fraction of sp³-hybridized carbons (Fsp3) is 0.500. The average molecular weight is 344 g/mol. The number of hydrogen-bond donors (Lipinski definition) is 0. The fourth-order valence-corrected chi connectivity index (χ4v) is 3.09. The molecule has 1 aromatic rings. The molecule has 1 saturated heterocycles. The third-order valence-electron chi connectivity index (χ3n) is 3.16. The van der Waals surface area contributed by atoms with Crippen LogP contribution in [0.25, 0.3) is 0 Å². The molecular formula is C14H18BrNO2S. The molecular weight excluding hydrogens is 326 g/mol. The van der Waals surface area contributed by atoms with Crippen molar-refractivity contribution in [1.29, 1.82) is 0 Å². The Balaban J connectivity index is 2.31. The second-order valence-electron chi connectivity index (χ2n) is 4.42. The highest BCUT2D eigenvalue weighted by atomic mass is 79.9. The number of ether oxygens (including phenoxy) is 2. The van der Waals surface area contributed by atoms with Crippen LogP contribution < -0.4 is 9.47 Å². The van der Waals surface area contributed by atoms with Gasteiger partial charge in [-0.25, -0.2) is 0 Å². The number of nitrogens with zero attached hydrogens (tertiary/aromatic N) is 1. The van der Waals surface area contributed by atoms with E-state index in [-0.39, 0.29) is 0 Å². The van der Waals surface area contributed by atoms with Crippen LogP contribution in [0.15, 0.2) is 16.6 Å². The summed E-state index contributed by atoms with van der Waals surface area (Å²) in [6, 6.07) is 3.96. The van der Waals surface area contributed by atoms with Crippen molar-refractivity contribution >= 4 is 33.1 Å². The van der Waals surface area contributed by atoms with E-state index < -0.39 is 0 Å². The Morgan fingerprint density at radius 2 is 2.05 bits per heavy atom. The molecule has 104 valence electrons. The van der Waals surface area contributed by atoms with Crippen LogP contribution in [0.1, 0.15) is 25.3 Å². The van der Waals surface area contributed by atoms with Crippen LogP contribution in [0.5, 0.6) is 11.5 Å². The molecule has 0 aromatic heterocycles. The number of methoxy groups -OCH3 is 1. The molecule has 19 heavy (non-hydrogen) atoms. The van der Waals surface area contributed by atoms with Gasteiger partial charge in [0.25, 0.3) is 0 Å². The summed E-state index contributed by atoms with van der Waals surface area (Å²) in [5.74, 6) is 1.45. The molecule has 1 aliphatic rings. The maximum absolute atomic E-state index is 5.59. The molecule has 0 aliphatic carbocycles. The third kappa shape index (κ3) is 3.20. The van der Waals surface area contributed by atoms with Crippen LogP contribution in [0.2, 0.25) is 0 Å². The van der Waals surface area contributed by atoms with E-state index in [4.69, 9.17) is 21.7 Å². The molecule has 0 amide bonds. The maximum Gasteiger partial charge on any atom is 0.175 e. The van der Waals surface area contributed by atoms with Gasteiger partial charge in [-0.3, -0.25) is 0 Å². The first-order valence-corrected chi connectivity index (χ1v) is 7.67. The van der Waals surface area contributed by atoms with E-state index in [0.717, 1.165) is 33.9 Å². The topological polar surface area (TPSA) is 21.7 Å². The summed E-state index contributed by atoms with van der Waals surface area (Å²) >= 11 is 9.10. The summed E-state index contributed by atoms with van der Waals surface area (Å²) < 4.78 is 11.9. The van der Waals surface area contributed by atoms with Crippen molar-refractivity contribution in [3.63, 3.8) is 0 Å². The SMILES string of the molecule is CCOc1c(Br)cc(C(=S)N2CCCC2)cc1OC. The van der Waals surface area contributed by atoms with Crippen molar-refractivity contribution in [3.8, 4) is 11.5 Å². The Morgan fingerprint density at radius 3 is 2.63 bits per heavy atom. The lowest BCUT2D eigenvalue weighted by molar-refractivity contribution is 0.309. The molecule has 0 atom stereocenters. The zero-order valence-electron chi connectivity index (χ0n) is 11.2. The minimum Gasteiger partial charge on any atom is -0.493 e. The summed E-state index contributed by atoms with van der Waals surface area (Å²) in [4.78, 5) is 3.14. The largest absolute Gasteiger partial charge is 0.493 e. The van der Waals surface area contributed by atoms with Gasteiger partial charge in [-0.1, -0.05) is 12.2 Å². The Kier molecular flexibility index (Phi) is 5.05. The average Bonchev–Trinajstić information content (AvgIpc) is 2.94. The summed E-state index contributed by atoms with van der Waals surface area (Å²) in [5.41, 5.74) is 1.00. The first-order chi connectivity index (χ1) is 9.17. The number of hydrogen-bond acceptors (Lipinski definition) is 3. The van der Waals surface area contributed by atoms with Crippen LogP contribution in [0.4, 0.5) is 0 Å². The predicted molar refractivity (Wildman–Crippen MR) is 84.4 cm³/mol. The highest BCUT2D eigenvalue weighted by Gasteiger charge is 2.19. The van der Waals surface area contributed by atoms with E-state index in [1.165, 1.54) is 12.8 Å². The molecule has 1 heterocycles. The van der Waals surface area contributed by atoms with E-state index >= 15 is 0 Å². The molecule has 0 N–H and O–H groups in total. The quantitative estimate of drug-likeness (QED) is 0.778. The molecule has 1 aliphatic heterocycles. The van der Waals surface area contributed by atoms with Gasteiger partial charge in [-0.15, -0.1) is 0 Å². The van der Waals surface area contributed by atoms with Crippen molar-refractivity contribution in [1.82, 2.24) is 4.90 Å². The number of thiocarbonyl (C=S) groups is 1. The van der Waals surface area contributed by atoms with Gasteiger partial charge < -0.3 is 14.4 Å². The second kappa shape index (κ2) is 6.57. The van der Waals surface area contributed by atoms with Crippen molar-refractivity contribution in [3.05, 3.63) is 22.2 Å². The lowest BCUT2D eigenvalue weighted by Crippen LogP contribution is -2.26. The zero-order chi connectivity index (χ0) is 13.8. The minimum atomic E-state index is 0.602. The molecule has 0 saturated carbocycles. The normalized spacial score (nSPS) is 14.6. The first kappa shape index (κ1) is 14.6. The van der Waals surface area contributed by atoms with Gasteiger partial charge in [0.15, 0.2) is 11.5 Å². The Hall–Kier alpha value is -0.810. The lowest BCUT2D eigenvalue weighted by Gasteiger charge is -2.20. The smallest absolute Gasteiger partial charge is 0.175 e. The molecule has 5 heteroatoms. The summed E-state index contributed by atoms with van der Waals surface area (Å²) in [6.45, 7) is 4.65. The van der Waals surface area contributed by atoms with E-state index in [1.807, 2.05) is 19.1 Å². The van der Waals surface area contributed by atoms with E-state index in [2.05, 4.69) is 20.8 Å². The molecule has 0 unspecified atom stereocenters. The van der Waals surface area contributed by atoms with Crippen LogP contribution in [0, 0.1) is 0 Å². The summed E-state index contributed by atoms with van der Waals surface area (Å²) in [5, 5.41) is 0. The van der Waals surface area contributed by atoms with Crippen molar-refractivity contribution in [2.45, 2.75) is 19.8 Å².